The fraction of sp³-hybridized carbons (Fsp3) is 0.571. The molecule has 1 saturated carbocycles. The summed E-state index contributed by atoms with van der Waals surface area (Å²) in [5, 5.41) is 13.3. The van der Waals surface area contributed by atoms with Gasteiger partial charge in [-0.3, -0.25) is 0 Å². The second kappa shape index (κ2) is 5.41. The van der Waals surface area contributed by atoms with Crippen molar-refractivity contribution in [3.63, 3.8) is 0 Å². The van der Waals surface area contributed by atoms with E-state index in [-0.39, 0.29) is 6.10 Å². The minimum Gasteiger partial charge on any atom is -0.397 e. The Morgan fingerprint density at radius 1 is 1.35 bits per heavy atom. The van der Waals surface area contributed by atoms with E-state index in [0.717, 1.165) is 42.7 Å². The van der Waals surface area contributed by atoms with Gasteiger partial charge in [-0.15, -0.1) is 0 Å². The van der Waals surface area contributed by atoms with Crippen LogP contribution in [-0.4, -0.2) is 17.8 Å². The maximum absolute atomic E-state index is 9.91. The Morgan fingerprint density at radius 2 is 2.12 bits per heavy atom. The molecule has 1 aromatic rings. The Labute approximate surface area is 103 Å². The molecule has 3 heteroatoms. The Kier molecular flexibility index (Phi) is 3.89. The van der Waals surface area contributed by atoms with E-state index < -0.39 is 0 Å². The van der Waals surface area contributed by atoms with Crippen molar-refractivity contribution in [1.29, 1.82) is 0 Å². The molecule has 2 rings (SSSR count). The summed E-state index contributed by atoms with van der Waals surface area (Å²) in [7, 11) is 0. The number of hydrogen-bond donors (Lipinski definition) is 3. The van der Waals surface area contributed by atoms with Gasteiger partial charge < -0.3 is 16.2 Å². The number of para-hydroxylation sites is 1. The van der Waals surface area contributed by atoms with Crippen molar-refractivity contribution in [2.24, 2.45) is 5.92 Å². The van der Waals surface area contributed by atoms with Gasteiger partial charge in [-0.2, -0.15) is 0 Å². The lowest BCUT2D eigenvalue weighted by Crippen LogP contribution is -2.30. The van der Waals surface area contributed by atoms with Crippen molar-refractivity contribution in [2.45, 2.75) is 38.7 Å². The van der Waals surface area contributed by atoms with E-state index in [2.05, 4.69) is 18.3 Å². The molecule has 0 bridgehead atoms. The summed E-state index contributed by atoms with van der Waals surface area (Å²) in [5.41, 5.74) is 8.92. The second-order valence-electron chi connectivity index (χ2n) is 5.03. The third-order valence-electron chi connectivity index (χ3n) is 3.72. The lowest BCUT2D eigenvalue weighted by molar-refractivity contribution is 0.0763. The van der Waals surface area contributed by atoms with Gasteiger partial charge in [0.2, 0.25) is 0 Å². The molecule has 0 aliphatic heterocycles. The number of benzene rings is 1. The SMILES string of the molecule is Cc1cccc(N)c1NCC1CCCCC1O. The first-order valence-corrected chi connectivity index (χ1v) is 6.45. The monoisotopic (exact) mass is 234 g/mol. The smallest absolute Gasteiger partial charge is 0.0603 e. The Balaban J connectivity index is 1.97. The summed E-state index contributed by atoms with van der Waals surface area (Å²) < 4.78 is 0. The van der Waals surface area contributed by atoms with Crippen LogP contribution in [0.2, 0.25) is 0 Å². The van der Waals surface area contributed by atoms with E-state index in [1.807, 2.05) is 12.1 Å². The van der Waals surface area contributed by atoms with Crippen molar-refractivity contribution < 1.29 is 5.11 Å². The molecule has 0 saturated heterocycles. The summed E-state index contributed by atoms with van der Waals surface area (Å²) in [6.07, 6.45) is 4.29. The van der Waals surface area contributed by atoms with E-state index in [9.17, 15) is 5.11 Å². The number of nitrogen functional groups attached to an aromatic ring is 1. The molecule has 94 valence electrons. The molecular formula is C14H22N2O. The topological polar surface area (TPSA) is 58.3 Å². The van der Waals surface area contributed by atoms with E-state index in [4.69, 9.17) is 5.73 Å². The number of nitrogens with one attached hydrogen (secondary N) is 1. The third-order valence-corrected chi connectivity index (χ3v) is 3.72. The van der Waals surface area contributed by atoms with Crippen molar-refractivity contribution in [1.82, 2.24) is 0 Å². The van der Waals surface area contributed by atoms with E-state index in [1.165, 1.54) is 6.42 Å². The van der Waals surface area contributed by atoms with Crippen molar-refractivity contribution in [3.05, 3.63) is 23.8 Å². The van der Waals surface area contributed by atoms with Gasteiger partial charge in [-0.05, 0) is 31.4 Å². The van der Waals surface area contributed by atoms with Crippen molar-refractivity contribution in [2.75, 3.05) is 17.6 Å². The molecule has 3 nitrogen and oxygen atoms in total. The van der Waals surface area contributed by atoms with Gasteiger partial charge in [0.25, 0.3) is 0 Å². The van der Waals surface area contributed by atoms with Crippen LogP contribution in [0.3, 0.4) is 0 Å². The highest BCUT2D eigenvalue weighted by atomic mass is 16.3. The normalized spacial score (nSPS) is 24.6. The molecular weight excluding hydrogens is 212 g/mol. The van der Waals surface area contributed by atoms with Crippen molar-refractivity contribution >= 4 is 11.4 Å². The van der Waals surface area contributed by atoms with Gasteiger partial charge in [0.15, 0.2) is 0 Å². The number of nitrogens with two attached hydrogens (primary N) is 1. The lowest BCUT2D eigenvalue weighted by Gasteiger charge is -2.28. The average Bonchev–Trinajstić information content (AvgIpc) is 2.30. The van der Waals surface area contributed by atoms with Crippen LogP contribution in [0, 0.1) is 12.8 Å². The fourth-order valence-corrected chi connectivity index (χ4v) is 2.59. The standard InChI is InChI=1S/C14H22N2O/c1-10-5-4-7-12(15)14(10)16-9-11-6-2-3-8-13(11)17/h4-5,7,11,13,16-17H,2-3,6,8-9,15H2,1H3. The van der Waals surface area contributed by atoms with Crippen LogP contribution in [0.25, 0.3) is 0 Å². The van der Waals surface area contributed by atoms with Crippen LogP contribution >= 0.6 is 0 Å². The highest BCUT2D eigenvalue weighted by molar-refractivity contribution is 5.69. The molecule has 0 spiro atoms. The number of anilines is 2. The van der Waals surface area contributed by atoms with Gasteiger partial charge in [0, 0.05) is 12.5 Å². The molecule has 1 fully saturated rings. The van der Waals surface area contributed by atoms with Gasteiger partial charge in [0.05, 0.1) is 17.5 Å². The predicted octanol–water partition coefficient (Wildman–Crippen LogP) is 2.54. The molecule has 0 heterocycles. The molecule has 1 aliphatic rings. The highest BCUT2D eigenvalue weighted by Gasteiger charge is 2.22. The first-order valence-electron chi connectivity index (χ1n) is 6.45. The van der Waals surface area contributed by atoms with Crippen molar-refractivity contribution in [3.8, 4) is 0 Å². The molecule has 2 unspecified atom stereocenters. The molecule has 0 aromatic heterocycles. The minimum atomic E-state index is -0.151. The van der Waals surface area contributed by atoms with E-state index in [1.54, 1.807) is 0 Å². The zero-order valence-corrected chi connectivity index (χ0v) is 10.4. The van der Waals surface area contributed by atoms with Crippen LogP contribution in [0.1, 0.15) is 31.2 Å². The number of aliphatic hydroxyl groups excluding tert-OH is 1. The van der Waals surface area contributed by atoms with Gasteiger partial charge in [-0.25, -0.2) is 0 Å². The number of hydrogen-bond acceptors (Lipinski definition) is 3. The maximum atomic E-state index is 9.91. The zero-order chi connectivity index (χ0) is 12.3. The van der Waals surface area contributed by atoms with Crippen LogP contribution in [-0.2, 0) is 0 Å². The van der Waals surface area contributed by atoms with E-state index >= 15 is 0 Å². The largest absolute Gasteiger partial charge is 0.397 e. The first-order chi connectivity index (χ1) is 8.18. The zero-order valence-electron chi connectivity index (χ0n) is 10.4. The molecule has 17 heavy (non-hydrogen) atoms. The Morgan fingerprint density at radius 3 is 2.82 bits per heavy atom. The van der Waals surface area contributed by atoms with Gasteiger partial charge in [-0.1, -0.05) is 25.0 Å². The highest BCUT2D eigenvalue weighted by Crippen LogP contribution is 2.27. The molecule has 1 aromatic carbocycles. The number of rotatable bonds is 3. The number of aryl methyl sites for hydroxylation is 1. The predicted molar refractivity (Wildman–Crippen MR) is 72.0 cm³/mol. The van der Waals surface area contributed by atoms with Gasteiger partial charge >= 0.3 is 0 Å². The van der Waals surface area contributed by atoms with E-state index in [0.29, 0.717) is 5.92 Å². The molecule has 0 amide bonds. The minimum absolute atomic E-state index is 0.151. The molecule has 2 atom stereocenters. The molecule has 1 aliphatic carbocycles. The van der Waals surface area contributed by atoms with Crippen LogP contribution < -0.4 is 11.1 Å². The number of aliphatic hydroxyl groups is 1. The summed E-state index contributed by atoms with van der Waals surface area (Å²) in [6, 6.07) is 5.92. The first kappa shape index (κ1) is 12.2. The second-order valence-corrected chi connectivity index (χ2v) is 5.03. The van der Waals surface area contributed by atoms with Crippen LogP contribution in [0.15, 0.2) is 18.2 Å². The Bertz CT molecular complexity index is 358. The lowest BCUT2D eigenvalue weighted by atomic mass is 9.86. The van der Waals surface area contributed by atoms with Gasteiger partial charge in [0.1, 0.15) is 0 Å². The fourth-order valence-electron chi connectivity index (χ4n) is 2.59. The molecule has 0 radical (unpaired) electrons. The molecule has 4 N–H and O–H groups in total. The Hall–Kier alpha value is -1.22. The van der Waals surface area contributed by atoms with Crippen LogP contribution in [0.4, 0.5) is 11.4 Å². The summed E-state index contributed by atoms with van der Waals surface area (Å²) in [4.78, 5) is 0. The average molecular weight is 234 g/mol. The quantitative estimate of drug-likeness (QED) is 0.704. The summed E-state index contributed by atoms with van der Waals surface area (Å²) in [5.74, 6) is 0.364. The third kappa shape index (κ3) is 2.91. The summed E-state index contributed by atoms with van der Waals surface area (Å²) >= 11 is 0. The summed E-state index contributed by atoms with van der Waals surface area (Å²) in [6.45, 7) is 2.87. The van der Waals surface area contributed by atoms with Crippen LogP contribution in [0.5, 0.6) is 0 Å². The maximum Gasteiger partial charge on any atom is 0.0603 e.